The fourth-order valence-electron chi connectivity index (χ4n) is 1.40. The number of hydrogen-bond donors (Lipinski definition) is 2. The summed E-state index contributed by atoms with van der Waals surface area (Å²) in [6.07, 6.45) is 0. The molecule has 8 heteroatoms. The van der Waals surface area contributed by atoms with Gasteiger partial charge in [-0.2, -0.15) is 0 Å². The van der Waals surface area contributed by atoms with E-state index >= 15 is 0 Å². The standard InChI is InChI=1S/C11H9N3O4S/c15-5-10(16)13-11-12-9(6-19-11)7-2-1-3-8(4-7)14(17)18/h1-4,6,15H,5H2,(H,12,13,16). The number of benzene rings is 1. The molecule has 0 aliphatic heterocycles. The molecule has 98 valence electrons. The average Bonchev–Trinajstić information content (AvgIpc) is 2.87. The molecule has 2 rings (SSSR count). The average molecular weight is 279 g/mol. The summed E-state index contributed by atoms with van der Waals surface area (Å²) in [7, 11) is 0. The molecule has 0 aliphatic rings. The Morgan fingerprint density at radius 1 is 1.53 bits per heavy atom. The molecule has 0 spiro atoms. The van der Waals surface area contributed by atoms with Gasteiger partial charge in [-0.25, -0.2) is 4.98 Å². The molecule has 0 aliphatic carbocycles. The molecule has 1 amide bonds. The van der Waals surface area contributed by atoms with Gasteiger partial charge in [-0.05, 0) is 0 Å². The highest BCUT2D eigenvalue weighted by atomic mass is 32.1. The number of anilines is 1. The maximum Gasteiger partial charge on any atom is 0.270 e. The Kier molecular flexibility index (Phi) is 3.83. The number of nitrogens with one attached hydrogen (secondary N) is 1. The number of carbonyl (C=O) groups is 1. The molecule has 0 radical (unpaired) electrons. The van der Waals surface area contributed by atoms with Gasteiger partial charge in [-0.1, -0.05) is 12.1 Å². The van der Waals surface area contributed by atoms with Crippen LogP contribution in [0, 0.1) is 10.1 Å². The lowest BCUT2D eigenvalue weighted by atomic mass is 10.1. The van der Waals surface area contributed by atoms with E-state index in [1.807, 2.05) is 0 Å². The fraction of sp³-hybridized carbons (Fsp3) is 0.0909. The van der Waals surface area contributed by atoms with E-state index in [9.17, 15) is 14.9 Å². The van der Waals surface area contributed by atoms with Gasteiger partial charge >= 0.3 is 0 Å². The van der Waals surface area contributed by atoms with Crippen LogP contribution in [-0.4, -0.2) is 27.5 Å². The number of nitro groups is 1. The van der Waals surface area contributed by atoms with Crippen molar-refractivity contribution in [3.8, 4) is 11.3 Å². The van der Waals surface area contributed by atoms with Crippen molar-refractivity contribution in [2.24, 2.45) is 0 Å². The first-order chi connectivity index (χ1) is 9.10. The lowest BCUT2D eigenvalue weighted by molar-refractivity contribution is -0.384. The van der Waals surface area contributed by atoms with Crippen LogP contribution in [0.4, 0.5) is 10.8 Å². The van der Waals surface area contributed by atoms with Gasteiger partial charge in [0.15, 0.2) is 5.13 Å². The van der Waals surface area contributed by atoms with E-state index < -0.39 is 17.4 Å². The molecular weight excluding hydrogens is 270 g/mol. The van der Waals surface area contributed by atoms with Crippen molar-refractivity contribution in [1.82, 2.24) is 4.98 Å². The molecule has 7 nitrogen and oxygen atoms in total. The van der Waals surface area contributed by atoms with Crippen molar-refractivity contribution >= 4 is 28.1 Å². The number of aliphatic hydroxyl groups excluding tert-OH is 1. The van der Waals surface area contributed by atoms with Crippen molar-refractivity contribution in [3.05, 3.63) is 39.8 Å². The Labute approximate surface area is 111 Å². The summed E-state index contributed by atoms with van der Waals surface area (Å²) in [4.78, 5) is 25.3. The van der Waals surface area contributed by atoms with Crippen molar-refractivity contribution in [2.75, 3.05) is 11.9 Å². The number of amides is 1. The van der Waals surface area contributed by atoms with Gasteiger partial charge in [0.05, 0.1) is 10.6 Å². The minimum absolute atomic E-state index is 0.0218. The van der Waals surface area contributed by atoms with Crippen LogP contribution in [-0.2, 0) is 4.79 Å². The molecule has 0 atom stereocenters. The summed E-state index contributed by atoms with van der Waals surface area (Å²) in [5, 5.41) is 23.7. The van der Waals surface area contributed by atoms with Crippen LogP contribution < -0.4 is 5.32 Å². The molecule has 0 saturated heterocycles. The first-order valence-electron chi connectivity index (χ1n) is 5.21. The van der Waals surface area contributed by atoms with Gasteiger partial charge in [-0.3, -0.25) is 20.2 Å². The molecular formula is C11H9N3O4S. The van der Waals surface area contributed by atoms with Crippen molar-refractivity contribution in [2.45, 2.75) is 0 Å². The van der Waals surface area contributed by atoms with Crippen LogP contribution in [0.25, 0.3) is 11.3 Å². The molecule has 2 aromatic rings. The molecule has 1 aromatic carbocycles. The molecule has 0 bridgehead atoms. The first-order valence-corrected chi connectivity index (χ1v) is 6.09. The lowest BCUT2D eigenvalue weighted by Gasteiger charge is -1.98. The number of hydrogen-bond acceptors (Lipinski definition) is 6. The van der Waals surface area contributed by atoms with Crippen LogP contribution in [0.1, 0.15) is 0 Å². The van der Waals surface area contributed by atoms with E-state index in [1.165, 1.54) is 23.5 Å². The molecule has 1 aromatic heterocycles. The highest BCUT2D eigenvalue weighted by Crippen LogP contribution is 2.27. The highest BCUT2D eigenvalue weighted by molar-refractivity contribution is 7.14. The largest absolute Gasteiger partial charge is 0.387 e. The van der Waals surface area contributed by atoms with E-state index in [0.29, 0.717) is 16.4 Å². The third-order valence-electron chi connectivity index (χ3n) is 2.25. The van der Waals surface area contributed by atoms with E-state index in [2.05, 4.69) is 10.3 Å². The number of carbonyl (C=O) groups excluding carboxylic acids is 1. The monoisotopic (exact) mass is 279 g/mol. The molecule has 1 heterocycles. The normalized spacial score (nSPS) is 10.2. The second kappa shape index (κ2) is 5.55. The molecule has 2 N–H and O–H groups in total. The van der Waals surface area contributed by atoms with Crippen LogP contribution in [0.2, 0.25) is 0 Å². The van der Waals surface area contributed by atoms with E-state index in [1.54, 1.807) is 17.5 Å². The van der Waals surface area contributed by atoms with Gasteiger partial charge in [0.2, 0.25) is 0 Å². The molecule has 0 fully saturated rings. The summed E-state index contributed by atoms with van der Waals surface area (Å²) in [5.74, 6) is -0.556. The maximum absolute atomic E-state index is 11.0. The Morgan fingerprint density at radius 3 is 3.00 bits per heavy atom. The third kappa shape index (κ3) is 3.12. The van der Waals surface area contributed by atoms with Crippen LogP contribution in [0.5, 0.6) is 0 Å². The minimum Gasteiger partial charge on any atom is -0.387 e. The first kappa shape index (κ1) is 13.1. The fourth-order valence-corrected chi connectivity index (χ4v) is 2.14. The number of nitrogens with zero attached hydrogens (tertiary/aromatic N) is 2. The molecule has 0 saturated carbocycles. The van der Waals surface area contributed by atoms with Gasteiger partial charge in [-0.15, -0.1) is 11.3 Å². The SMILES string of the molecule is O=C(CO)Nc1nc(-c2cccc([N+](=O)[O-])c2)cs1. The van der Waals surface area contributed by atoms with Crippen LogP contribution in [0.3, 0.4) is 0 Å². The number of nitro benzene ring substituents is 1. The predicted octanol–water partition coefficient (Wildman–Crippen LogP) is 1.65. The van der Waals surface area contributed by atoms with Crippen LogP contribution >= 0.6 is 11.3 Å². The maximum atomic E-state index is 11.0. The predicted molar refractivity (Wildman–Crippen MR) is 69.9 cm³/mol. The Hall–Kier alpha value is -2.32. The topological polar surface area (TPSA) is 105 Å². The quantitative estimate of drug-likeness (QED) is 0.654. The summed E-state index contributed by atoms with van der Waals surface area (Å²) in [5.41, 5.74) is 1.10. The molecule has 19 heavy (non-hydrogen) atoms. The molecule has 0 unspecified atom stereocenters. The zero-order valence-electron chi connectivity index (χ0n) is 9.57. The summed E-state index contributed by atoms with van der Waals surface area (Å²) in [6, 6.07) is 6.06. The minimum atomic E-state index is -0.619. The summed E-state index contributed by atoms with van der Waals surface area (Å²) < 4.78 is 0. The zero-order valence-corrected chi connectivity index (χ0v) is 10.4. The van der Waals surface area contributed by atoms with Crippen molar-refractivity contribution < 1.29 is 14.8 Å². The van der Waals surface area contributed by atoms with Gasteiger partial charge < -0.3 is 5.11 Å². The zero-order chi connectivity index (χ0) is 13.8. The Morgan fingerprint density at radius 2 is 2.32 bits per heavy atom. The van der Waals surface area contributed by atoms with E-state index in [0.717, 1.165) is 0 Å². The summed E-state index contributed by atoms with van der Waals surface area (Å²) in [6.45, 7) is -0.619. The van der Waals surface area contributed by atoms with Crippen LogP contribution in [0.15, 0.2) is 29.6 Å². The summed E-state index contributed by atoms with van der Waals surface area (Å²) >= 11 is 1.18. The highest BCUT2D eigenvalue weighted by Gasteiger charge is 2.10. The third-order valence-corrected chi connectivity index (χ3v) is 3.00. The number of aromatic nitrogens is 1. The second-order valence-corrected chi connectivity index (χ2v) is 4.41. The smallest absolute Gasteiger partial charge is 0.270 e. The number of aliphatic hydroxyl groups is 1. The van der Waals surface area contributed by atoms with Crippen molar-refractivity contribution in [3.63, 3.8) is 0 Å². The number of thiazole rings is 1. The second-order valence-electron chi connectivity index (χ2n) is 3.55. The Balaban J connectivity index is 2.25. The van der Waals surface area contributed by atoms with E-state index in [-0.39, 0.29) is 5.69 Å². The van der Waals surface area contributed by atoms with Gasteiger partial charge in [0, 0.05) is 23.1 Å². The van der Waals surface area contributed by atoms with Gasteiger partial charge in [0.1, 0.15) is 6.61 Å². The lowest BCUT2D eigenvalue weighted by Crippen LogP contribution is -2.15. The van der Waals surface area contributed by atoms with E-state index in [4.69, 9.17) is 5.11 Å². The van der Waals surface area contributed by atoms with Crippen molar-refractivity contribution in [1.29, 1.82) is 0 Å². The van der Waals surface area contributed by atoms with Gasteiger partial charge in [0.25, 0.3) is 11.6 Å². The number of rotatable bonds is 4. The number of non-ortho nitro benzene ring substituents is 1. The Bertz CT molecular complexity index is 626.